The third-order valence-corrected chi connectivity index (χ3v) is 7.20. The highest BCUT2D eigenvalue weighted by Gasteiger charge is 2.35. The number of hydrogen-bond acceptors (Lipinski definition) is 2. The van der Waals surface area contributed by atoms with Gasteiger partial charge in [0.05, 0.1) is 6.04 Å². The molecule has 3 nitrogen and oxygen atoms in total. The largest absolute Gasteiger partial charge is 0.310 e. The molecular formula is C25H41ClN2O. The summed E-state index contributed by atoms with van der Waals surface area (Å²) in [7, 11) is 0. The van der Waals surface area contributed by atoms with E-state index in [1.807, 2.05) is 0 Å². The van der Waals surface area contributed by atoms with Crippen LogP contribution in [0, 0.1) is 11.3 Å². The first-order valence-corrected chi connectivity index (χ1v) is 11.5. The summed E-state index contributed by atoms with van der Waals surface area (Å²) in [5.74, 6) is 1.69. The van der Waals surface area contributed by atoms with Crippen molar-refractivity contribution in [3.63, 3.8) is 0 Å². The number of rotatable bonds is 5. The maximum atomic E-state index is 13.2. The SMILES string of the molecule is CCCCN1CCN(c2ccccc2C2CCC(C(C)(C)C)CC2)C(=O)C1C.Cl. The van der Waals surface area contributed by atoms with E-state index in [2.05, 4.69) is 68.7 Å². The van der Waals surface area contributed by atoms with Gasteiger partial charge >= 0.3 is 0 Å². The van der Waals surface area contributed by atoms with Crippen LogP contribution in [0.5, 0.6) is 0 Å². The van der Waals surface area contributed by atoms with E-state index in [1.54, 1.807) is 0 Å². The van der Waals surface area contributed by atoms with Crippen LogP contribution in [-0.4, -0.2) is 36.5 Å². The summed E-state index contributed by atoms with van der Waals surface area (Å²) in [6.45, 7) is 14.3. The number of piperazine rings is 1. The minimum Gasteiger partial charge on any atom is -0.310 e. The molecule has 2 aliphatic rings. The van der Waals surface area contributed by atoms with Gasteiger partial charge < -0.3 is 4.90 Å². The molecule has 0 aromatic heterocycles. The molecule has 0 radical (unpaired) electrons. The third kappa shape index (κ3) is 5.55. The number of para-hydroxylation sites is 1. The maximum absolute atomic E-state index is 13.2. The summed E-state index contributed by atoms with van der Waals surface area (Å²) in [6, 6.07) is 8.70. The number of hydrogen-bond donors (Lipinski definition) is 0. The third-order valence-electron chi connectivity index (χ3n) is 7.20. The molecule has 0 N–H and O–H groups in total. The first-order chi connectivity index (χ1) is 13.3. The molecule has 29 heavy (non-hydrogen) atoms. The Morgan fingerprint density at radius 1 is 1.03 bits per heavy atom. The molecule has 1 saturated carbocycles. The zero-order valence-electron chi connectivity index (χ0n) is 19.1. The van der Waals surface area contributed by atoms with Crippen molar-refractivity contribution >= 4 is 24.0 Å². The molecule has 1 aromatic carbocycles. The van der Waals surface area contributed by atoms with Gasteiger partial charge in [-0.2, -0.15) is 0 Å². The molecule has 164 valence electrons. The van der Waals surface area contributed by atoms with E-state index in [-0.39, 0.29) is 24.4 Å². The lowest BCUT2D eigenvalue weighted by Crippen LogP contribution is -2.56. The molecule has 1 heterocycles. The standard InChI is InChI=1S/C25H40N2O.ClH/c1-6-7-16-26-17-18-27(24(28)19(26)2)23-11-9-8-10-22(23)20-12-14-21(15-13-20)25(3,4)5;/h8-11,19-21H,6-7,12-18H2,1-5H3;1H. The van der Waals surface area contributed by atoms with Crippen molar-refractivity contribution in [3.05, 3.63) is 29.8 Å². The first-order valence-electron chi connectivity index (χ1n) is 11.5. The number of carbonyl (C=O) groups excluding carboxylic acids is 1. The summed E-state index contributed by atoms with van der Waals surface area (Å²) >= 11 is 0. The van der Waals surface area contributed by atoms with Crippen molar-refractivity contribution in [2.75, 3.05) is 24.5 Å². The summed E-state index contributed by atoms with van der Waals surface area (Å²) in [5, 5.41) is 0. The Labute approximate surface area is 184 Å². The molecule has 3 rings (SSSR count). The van der Waals surface area contributed by atoms with Gasteiger partial charge in [-0.1, -0.05) is 52.3 Å². The van der Waals surface area contributed by atoms with E-state index in [4.69, 9.17) is 0 Å². The average Bonchev–Trinajstić information content (AvgIpc) is 2.69. The van der Waals surface area contributed by atoms with E-state index < -0.39 is 0 Å². The van der Waals surface area contributed by atoms with Crippen molar-refractivity contribution in [3.8, 4) is 0 Å². The van der Waals surface area contributed by atoms with Crippen LogP contribution in [0.3, 0.4) is 0 Å². The van der Waals surface area contributed by atoms with Gasteiger partial charge in [0.15, 0.2) is 0 Å². The molecule has 0 bridgehead atoms. The van der Waals surface area contributed by atoms with Crippen LogP contribution < -0.4 is 4.90 Å². The summed E-state index contributed by atoms with van der Waals surface area (Å²) in [5.41, 5.74) is 2.98. The fourth-order valence-electron chi connectivity index (χ4n) is 5.17. The average molecular weight is 421 g/mol. The van der Waals surface area contributed by atoms with Gasteiger partial charge in [0.1, 0.15) is 0 Å². The quantitative estimate of drug-likeness (QED) is 0.560. The van der Waals surface area contributed by atoms with Crippen molar-refractivity contribution in [2.24, 2.45) is 11.3 Å². The lowest BCUT2D eigenvalue weighted by molar-refractivity contribution is -0.125. The summed E-state index contributed by atoms with van der Waals surface area (Å²) < 4.78 is 0. The second-order valence-corrected chi connectivity index (χ2v) is 10.0. The number of nitrogens with zero attached hydrogens (tertiary/aromatic N) is 2. The Balaban J connectivity index is 0.00000300. The van der Waals surface area contributed by atoms with Crippen LogP contribution in [0.25, 0.3) is 0 Å². The predicted octanol–water partition coefficient (Wildman–Crippen LogP) is 6.27. The highest BCUT2D eigenvalue weighted by molar-refractivity contribution is 5.98. The van der Waals surface area contributed by atoms with Crippen LogP contribution in [-0.2, 0) is 4.79 Å². The summed E-state index contributed by atoms with van der Waals surface area (Å²) in [4.78, 5) is 17.6. The topological polar surface area (TPSA) is 23.6 Å². The van der Waals surface area contributed by atoms with Crippen molar-refractivity contribution in [1.82, 2.24) is 4.90 Å². The Hall–Kier alpha value is -1.06. The van der Waals surface area contributed by atoms with E-state index in [1.165, 1.54) is 49.8 Å². The van der Waals surface area contributed by atoms with E-state index >= 15 is 0 Å². The Bertz CT molecular complexity index is 661. The molecule has 1 atom stereocenters. The molecule has 4 heteroatoms. The monoisotopic (exact) mass is 420 g/mol. The predicted molar refractivity (Wildman–Crippen MR) is 126 cm³/mol. The van der Waals surface area contributed by atoms with Crippen molar-refractivity contribution in [1.29, 1.82) is 0 Å². The van der Waals surface area contributed by atoms with Gasteiger partial charge in [0.2, 0.25) is 5.91 Å². The number of amides is 1. The second-order valence-electron chi connectivity index (χ2n) is 10.0. The summed E-state index contributed by atoms with van der Waals surface area (Å²) in [6.07, 6.45) is 7.46. The van der Waals surface area contributed by atoms with E-state index in [0.29, 0.717) is 11.3 Å². The number of benzene rings is 1. The molecular weight excluding hydrogens is 380 g/mol. The Morgan fingerprint density at radius 3 is 2.31 bits per heavy atom. The fraction of sp³-hybridized carbons (Fsp3) is 0.720. The van der Waals surface area contributed by atoms with Crippen LogP contribution in [0.4, 0.5) is 5.69 Å². The number of unbranched alkanes of at least 4 members (excludes halogenated alkanes) is 1. The molecule has 1 aromatic rings. The smallest absolute Gasteiger partial charge is 0.244 e. The van der Waals surface area contributed by atoms with Gasteiger partial charge in [-0.05, 0) is 74.5 Å². The van der Waals surface area contributed by atoms with Gasteiger partial charge in [0.25, 0.3) is 0 Å². The molecule has 2 fully saturated rings. The van der Waals surface area contributed by atoms with Crippen LogP contribution >= 0.6 is 12.4 Å². The Kier molecular flexibility index (Phi) is 8.60. The van der Waals surface area contributed by atoms with Crippen molar-refractivity contribution in [2.45, 2.75) is 85.1 Å². The zero-order chi connectivity index (χ0) is 20.3. The molecule has 1 unspecified atom stereocenters. The van der Waals surface area contributed by atoms with Crippen LogP contribution in [0.1, 0.15) is 84.6 Å². The normalized spacial score (nSPS) is 26.3. The number of carbonyl (C=O) groups is 1. The maximum Gasteiger partial charge on any atom is 0.244 e. The van der Waals surface area contributed by atoms with Crippen LogP contribution in [0.15, 0.2) is 24.3 Å². The minimum absolute atomic E-state index is 0. The van der Waals surface area contributed by atoms with Gasteiger partial charge in [-0.25, -0.2) is 0 Å². The van der Waals surface area contributed by atoms with Crippen molar-refractivity contribution < 1.29 is 4.79 Å². The van der Waals surface area contributed by atoms with Crippen LogP contribution in [0.2, 0.25) is 0 Å². The second kappa shape index (κ2) is 10.3. The number of halogens is 1. The van der Waals surface area contributed by atoms with E-state index in [0.717, 1.165) is 25.6 Å². The number of anilines is 1. The lowest BCUT2D eigenvalue weighted by Gasteiger charge is -2.41. The highest BCUT2D eigenvalue weighted by atomic mass is 35.5. The first kappa shape index (κ1) is 24.2. The minimum atomic E-state index is -0.00928. The van der Waals surface area contributed by atoms with Gasteiger partial charge in [-0.3, -0.25) is 9.69 Å². The van der Waals surface area contributed by atoms with E-state index in [9.17, 15) is 4.79 Å². The molecule has 1 aliphatic carbocycles. The molecule has 1 aliphatic heterocycles. The lowest BCUT2D eigenvalue weighted by atomic mass is 9.68. The van der Waals surface area contributed by atoms with Gasteiger partial charge in [-0.15, -0.1) is 12.4 Å². The Morgan fingerprint density at radius 2 is 1.69 bits per heavy atom. The molecule has 1 amide bonds. The fourth-order valence-corrected chi connectivity index (χ4v) is 5.17. The zero-order valence-corrected chi connectivity index (χ0v) is 19.9. The van der Waals surface area contributed by atoms with Gasteiger partial charge in [0, 0.05) is 18.8 Å². The molecule has 0 spiro atoms. The highest BCUT2D eigenvalue weighted by Crippen LogP contribution is 2.45. The molecule has 1 saturated heterocycles.